The molecule has 0 bridgehead atoms. The monoisotopic (exact) mass is 249 g/mol. The molecule has 2 rings (SSSR count). The summed E-state index contributed by atoms with van der Waals surface area (Å²) in [4.78, 5) is 15.9. The van der Waals surface area contributed by atoms with E-state index in [0.717, 1.165) is 6.42 Å². The maximum Gasteiger partial charge on any atom is 0.227 e. The van der Waals surface area contributed by atoms with Crippen LogP contribution in [-0.4, -0.2) is 43.7 Å². The van der Waals surface area contributed by atoms with Gasteiger partial charge in [-0.2, -0.15) is 0 Å². The van der Waals surface area contributed by atoms with Crippen molar-refractivity contribution in [3.8, 4) is 0 Å². The molecule has 0 aromatic carbocycles. The van der Waals surface area contributed by atoms with Crippen molar-refractivity contribution in [2.75, 3.05) is 26.8 Å². The SMILES string of the molecule is CNC1COCC1C(=O)NCCc1ccncc1. The van der Waals surface area contributed by atoms with Gasteiger partial charge in [-0.15, -0.1) is 0 Å². The highest BCUT2D eigenvalue weighted by atomic mass is 16.5. The number of hydrogen-bond donors (Lipinski definition) is 2. The summed E-state index contributed by atoms with van der Waals surface area (Å²) in [5, 5.41) is 6.07. The highest BCUT2D eigenvalue weighted by Gasteiger charge is 2.32. The van der Waals surface area contributed by atoms with E-state index in [1.807, 2.05) is 19.2 Å². The third-order valence-corrected chi connectivity index (χ3v) is 3.25. The van der Waals surface area contributed by atoms with Crippen LogP contribution in [0.4, 0.5) is 0 Å². The van der Waals surface area contributed by atoms with Gasteiger partial charge in [0, 0.05) is 25.0 Å². The van der Waals surface area contributed by atoms with E-state index >= 15 is 0 Å². The first-order chi connectivity index (χ1) is 8.81. The molecule has 0 radical (unpaired) electrons. The highest BCUT2D eigenvalue weighted by molar-refractivity contribution is 5.79. The normalized spacial score (nSPS) is 22.9. The van der Waals surface area contributed by atoms with Gasteiger partial charge in [-0.1, -0.05) is 0 Å². The average Bonchev–Trinajstić information content (AvgIpc) is 2.88. The van der Waals surface area contributed by atoms with Gasteiger partial charge < -0.3 is 15.4 Å². The Hall–Kier alpha value is -1.46. The second-order valence-corrected chi connectivity index (χ2v) is 4.44. The molecule has 98 valence electrons. The summed E-state index contributed by atoms with van der Waals surface area (Å²) in [5.74, 6) is -0.00616. The fourth-order valence-corrected chi connectivity index (χ4v) is 2.11. The number of pyridine rings is 1. The summed E-state index contributed by atoms with van der Waals surface area (Å²) < 4.78 is 5.31. The van der Waals surface area contributed by atoms with E-state index in [2.05, 4.69) is 15.6 Å². The van der Waals surface area contributed by atoms with Gasteiger partial charge in [0.1, 0.15) is 0 Å². The van der Waals surface area contributed by atoms with Gasteiger partial charge in [0.05, 0.1) is 19.1 Å². The molecule has 1 amide bonds. The van der Waals surface area contributed by atoms with Crippen LogP contribution in [0.5, 0.6) is 0 Å². The fraction of sp³-hybridized carbons (Fsp3) is 0.538. The van der Waals surface area contributed by atoms with Gasteiger partial charge >= 0.3 is 0 Å². The lowest BCUT2D eigenvalue weighted by Crippen LogP contribution is -2.43. The zero-order chi connectivity index (χ0) is 12.8. The maximum absolute atomic E-state index is 12.0. The Labute approximate surface area is 107 Å². The third-order valence-electron chi connectivity index (χ3n) is 3.25. The molecule has 1 aliphatic heterocycles. The largest absolute Gasteiger partial charge is 0.379 e. The van der Waals surface area contributed by atoms with Crippen LogP contribution in [0.25, 0.3) is 0 Å². The van der Waals surface area contributed by atoms with E-state index in [-0.39, 0.29) is 17.9 Å². The lowest BCUT2D eigenvalue weighted by Gasteiger charge is -2.16. The number of rotatable bonds is 5. The first-order valence-corrected chi connectivity index (χ1v) is 6.23. The standard InChI is InChI=1S/C13H19N3O2/c1-14-12-9-18-8-11(12)13(17)16-7-4-10-2-5-15-6-3-10/h2-3,5-6,11-12,14H,4,7-9H2,1H3,(H,16,17). The molecule has 0 spiro atoms. The van der Waals surface area contributed by atoms with Crippen molar-refractivity contribution in [1.82, 2.24) is 15.6 Å². The Morgan fingerprint density at radius 3 is 2.94 bits per heavy atom. The minimum atomic E-state index is -0.0764. The molecule has 1 aromatic heterocycles. The number of carbonyl (C=O) groups excluding carboxylic acids is 1. The number of ether oxygens (including phenoxy) is 1. The summed E-state index contributed by atoms with van der Waals surface area (Å²) in [6.07, 6.45) is 4.35. The predicted molar refractivity (Wildman–Crippen MR) is 68.1 cm³/mol. The molecule has 1 fully saturated rings. The van der Waals surface area contributed by atoms with Crippen LogP contribution < -0.4 is 10.6 Å². The Bertz CT molecular complexity index is 383. The number of hydrogen-bond acceptors (Lipinski definition) is 4. The molecular weight excluding hydrogens is 230 g/mol. The van der Waals surface area contributed by atoms with Gasteiger partial charge in [-0.05, 0) is 31.2 Å². The van der Waals surface area contributed by atoms with E-state index in [9.17, 15) is 4.79 Å². The topological polar surface area (TPSA) is 63.2 Å². The van der Waals surface area contributed by atoms with E-state index < -0.39 is 0 Å². The molecule has 5 nitrogen and oxygen atoms in total. The summed E-state index contributed by atoms with van der Waals surface area (Å²) in [6, 6.07) is 4.05. The van der Waals surface area contributed by atoms with Crippen molar-refractivity contribution in [3.63, 3.8) is 0 Å². The number of carbonyl (C=O) groups is 1. The van der Waals surface area contributed by atoms with Crippen molar-refractivity contribution in [2.24, 2.45) is 5.92 Å². The highest BCUT2D eigenvalue weighted by Crippen LogP contribution is 2.13. The van der Waals surface area contributed by atoms with Crippen LogP contribution in [0.2, 0.25) is 0 Å². The zero-order valence-corrected chi connectivity index (χ0v) is 10.6. The summed E-state index contributed by atoms with van der Waals surface area (Å²) in [7, 11) is 1.86. The Morgan fingerprint density at radius 1 is 1.44 bits per heavy atom. The summed E-state index contributed by atoms with van der Waals surface area (Å²) >= 11 is 0. The van der Waals surface area contributed by atoms with E-state index in [1.54, 1.807) is 12.4 Å². The van der Waals surface area contributed by atoms with Crippen molar-refractivity contribution in [2.45, 2.75) is 12.5 Å². The maximum atomic E-state index is 12.0. The van der Waals surface area contributed by atoms with Crippen LogP contribution in [0.15, 0.2) is 24.5 Å². The zero-order valence-electron chi connectivity index (χ0n) is 10.6. The first-order valence-electron chi connectivity index (χ1n) is 6.23. The number of likely N-dealkylation sites (N-methyl/N-ethyl adjacent to an activating group) is 1. The molecule has 18 heavy (non-hydrogen) atoms. The minimum Gasteiger partial charge on any atom is -0.379 e. The van der Waals surface area contributed by atoms with Gasteiger partial charge in [0.15, 0.2) is 0 Å². The molecule has 0 saturated carbocycles. The molecule has 2 unspecified atom stereocenters. The molecule has 1 aromatic rings. The number of nitrogens with zero attached hydrogens (tertiary/aromatic N) is 1. The van der Waals surface area contributed by atoms with E-state index in [1.165, 1.54) is 5.56 Å². The number of amides is 1. The smallest absolute Gasteiger partial charge is 0.227 e. The lowest BCUT2D eigenvalue weighted by molar-refractivity contribution is -0.125. The molecule has 1 saturated heterocycles. The Balaban J connectivity index is 1.75. The van der Waals surface area contributed by atoms with Crippen molar-refractivity contribution < 1.29 is 9.53 Å². The van der Waals surface area contributed by atoms with Crippen LogP contribution in [0.3, 0.4) is 0 Å². The van der Waals surface area contributed by atoms with Gasteiger partial charge in [0.2, 0.25) is 5.91 Å². The Morgan fingerprint density at radius 2 is 2.22 bits per heavy atom. The molecular formula is C13H19N3O2. The number of nitrogens with one attached hydrogen (secondary N) is 2. The first kappa shape index (κ1) is 13.0. The minimum absolute atomic E-state index is 0.0703. The van der Waals surface area contributed by atoms with Crippen LogP contribution in [-0.2, 0) is 16.0 Å². The quantitative estimate of drug-likeness (QED) is 0.769. The number of aromatic nitrogens is 1. The molecule has 2 N–H and O–H groups in total. The van der Waals surface area contributed by atoms with Gasteiger partial charge in [-0.3, -0.25) is 9.78 Å². The average molecular weight is 249 g/mol. The molecule has 0 aliphatic carbocycles. The van der Waals surface area contributed by atoms with Crippen LogP contribution in [0.1, 0.15) is 5.56 Å². The molecule has 2 heterocycles. The van der Waals surface area contributed by atoms with Gasteiger partial charge in [0.25, 0.3) is 0 Å². The van der Waals surface area contributed by atoms with E-state index in [0.29, 0.717) is 19.8 Å². The van der Waals surface area contributed by atoms with Gasteiger partial charge in [-0.25, -0.2) is 0 Å². The van der Waals surface area contributed by atoms with Crippen LogP contribution in [0, 0.1) is 5.92 Å². The summed E-state index contributed by atoms with van der Waals surface area (Å²) in [6.45, 7) is 1.77. The molecule has 2 atom stereocenters. The summed E-state index contributed by atoms with van der Waals surface area (Å²) in [5.41, 5.74) is 1.18. The second-order valence-electron chi connectivity index (χ2n) is 4.44. The fourth-order valence-electron chi connectivity index (χ4n) is 2.11. The van der Waals surface area contributed by atoms with Crippen LogP contribution >= 0.6 is 0 Å². The lowest BCUT2D eigenvalue weighted by atomic mass is 10.0. The van der Waals surface area contributed by atoms with E-state index in [4.69, 9.17) is 4.74 Å². The van der Waals surface area contributed by atoms with Crippen molar-refractivity contribution >= 4 is 5.91 Å². The predicted octanol–water partition coefficient (Wildman–Crippen LogP) is -0.0253. The third kappa shape index (κ3) is 3.27. The second kappa shape index (κ2) is 6.47. The van der Waals surface area contributed by atoms with Crippen molar-refractivity contribution in [1.29, 1.82) is 0 Å². The Kier molecular flexibility index (Phi) is 4.66. The molecule has 1 aliphatic rings. The van der Waals surface area contributed by atoms with Crippen molar-refractivity contribution in [3.05, 3.63) is 30.1 Å². The molecule has 5 heteroatoms.